The topological polar surface area (TPSA) is 81.9 Å². The lowest BCUT2D eigenvalue weighted by molar-refractivity contribution is -0.126. The number of benzene rings is 2. The van der Waals surface area contributed by atoms with Crippen LogP contribution in [-0.2, 0) is 24.2 Å². The van der Waals surface area contributed by atoms with E-state index in [2.05, 4.69) is 39.0 Å². The Morgan fingerprint density at radius 2 is 2.11 bits per heavy atom. The molecule has 2 aliphatic heterocycles. The molecule has 0 aliphatic carbocycles. The van der Waals surface area contributed by atoms with Gasteiger partial charge in [0.1, 0.15) is 12.4 Å². The molecule has 138 valence electrons. The van der Waals surface area contributed by atoms with Crippen molar-refractivity contribution in [2.75, 3.05) is 6.61 Å². The van der Waals surface area contributed by atoms with Crippen molar-refractivity contribution in [3.8, 4) is 5.75 Å². The molecule has 3 aromatic rings. The van der Waals surface area contributed by atoms with Crippen molar-refractivity contribution >= 4 is 16.7 Å². The van der Waals surface area contributed by atoms with Gasteiger partial charge in [-0.25, -0.2) is 4.68 Å². The van der Waals surface area contributed by atoms with Gasteiger partial charge < -0.3 is 10.1 Å². The molecule has 1 N–H and O–H groups in total. The Hall–Kier alpha value is -2.96. The van der Waals surface area contributed by atoms with Crippen molar-refractivity contribution in [3.05, 3.63) is 47.8 Å². The molecule has 2 unspecified atom stereocenters. The molecule has 7 nitrogen and oxygen atoms in total. The summed E-state index contributed by atoms with van der Waals surface area (Å²) in [5, 5.41) is 17.3. The van der Waals surface area contributed by atoms with E-state index in [9.17, 15) is 4.79 Å². The minimum absolute atomic E-state index is 0.00380. The lowest BCUT2D eigenvalue weighted by Gasteiger charge is -2.28. The van der Waals surface area contributed by atoms with Crippen LogP contribution < -0.4 is 10.1 Å². The van der Waals surface area contributed by atoms with Crippen LogP contribution in [0.4, 0.5) is 0 Å². The molecule has 2 aliphatic rings. The van der Waals surface area contributed by atoms with E-state index < -0.39 is 0 Å². The summed E-state index contributed by atoms with van der Waals surface area (Å²) in [6.07, 6.45) is 3.07. The van der Waals surface area contributed by atoms with Crippen molar-refractivity contribution in [1.29, 1.82) is 0 Å². The zero-order chi connectivity index (χ0) is 18.2. The highest BCUT2D eigenvalue weighted by Gasteiger charge is 2.28. The van der Waals surface area contributed by atoms with E-state index in [-0.39, 0.29) is 17.9 Å². The minimum atomic E-state index is -0.0255. The van der Waals surface area contributed by atoms with Crippen LogP contribution in [0.15, 0.2) is 36.4 Å². The number of aryl methyl sites for hydroxylation is 2. The van der Waals surface area contributed by atoms with Gasteiger partial charge in [-0.15, -0.1) is 5.10 Å². The molecule has 1 aromatic heterocycles. The SMILES string of the molecule is O=C(NC1COc2ccc3ccccc3c2C1)C1CCc2nnnn2CC1. The lowest BCUT2D eigenvalue weighted by atomic mass is 9.94. The molecule has 2 atom stereocenters. The Kier molecular flexibility index (Phi) is 3.99. The maximum Gasteiger partial charge on any atom is 0.223 e. The summed E-state index contributed by atoms with van der Waals surface area (Å²) in [4.78, 5) is 12.8. The number of aromatic nitrogens is 4. The summed E-state index contributed by atoms with van der Waals surface area (Å²) < 4.78 is 7.75. The molecule has 0 saturated carbocycles. The second kappa shape index (κ2) is 6.64. The van der Waals surface area contributed by atoms with Crippen LogP contribution in [-0.4, -0.2) is 38.8 Å². The first kappa shape index (κ1) is 16.2. The summed E-state index contributed by atoms with van der Waals surface area (Å²) in [6, 6.07) is 12.4. The van der Waals surface area contributed by atoms with Gasteiger partial charge in [0.2, 0.25) is 5.91 Å². The molecule has 1 amide bonds. The number of ether oxygens (including phenoxy) is 1. The third-order valence-electron chi connectivity index (χ3n) is 5.62. The number of fused-ring (bicyclic) bond motifs is 4. The summed E-state index contributed by atoms with van der Waals surface area (Å²) in [7, 11) is 0. The Balaban J connectivity index is 1.29. The maximum absolute atomic E-state index is 12.8. The zero-order valence-electron chi connectivity index (χ0n) is 15.0. The van der Waals surface area contributed by atoms with Crippen LogP contribution >= 0.6 is 0 Å². The zero-order valence-corrected chi connectivity index (χ0v) is 15.0. The summed E-state index contributed by atoms with van der Waals surface area (Å²) >= 11 is 0. The molecular weight excluding hydrogens is 342 g/mol. The fraction of sp³-hybridized carbons (Fsp3) is 0.400. The van der Waals surface area contributed by atoms with Gasteiger partial charge in [-0.3, -0.25) is 4.79 Å². The van der Waals surface area contributed by atoms with Crippen LogP contribution in [0.25, 0.3) is 10.8 Å². The third-order valence-corrected chi connectivity index (χ3v) is 5.62. The van der Waals surface area contributed by atoms with Gasteiger partial charge >= 0.3 is 0 Å². The average Bonchev–Trinajstić information content (AvgIpc) is 3.06. The number of carbonyl (C=O) groups excluding carboxylic acids is 1. The van der Waals surface area contributed by atoms with E-state index >= 15 is 0 Å². The third kappa shape index (κ3) is 3.03. The molecule has 0 bridgehead atoms. The van der Waals surface area contributed by atoms with Crippen LogP contribution in [0.1, 0.15) is 24.2 Å². The molecule has 7 heteroatoms. The van der Waals surface area contributed by atoms with Gasteiger partial charge in [-0.05, 0) is 40.1 Å². The van der Waals surface area contributed by atoms with E-state index in [1.54, 1.807) is 4.68 Å². The molecule has 2 aromatic carbocycles. The van der Waals surface area contributed by atoms with Crippen LogP contribution in [0.2, 0.25) is 0 Å². The van der Waals surface area contributed by atoms with E-state index in [4.69, 9.17) is 4.74 Å². The molecular formula is C20H21N5O2. The van der Waals surface area contributed by atoms with Crippen LogP contribution in [0.3, 0.4) is 0 Å². The van der Waals surface area contributed by atoms with Crippen molar-refractivity contribution in [2.45, 2.75) is 38.3 Å². The van der Waals surface area contributed by atoms with Crippen molar-refractivity contribution in [1.82, 2.24) is 25.5 Å². The molecule has 0 saturated heterocycles. The van der Waals surface area contributed by atoms with Gasteiger partial charge in [0, 0.05) is 30.9 Å². The molecule has 0 fully saturated rings. The first-order valence-corrected chi connectivity index (χ1v) is 9.47. The standard InChI is InChI=1S/C20H21N5O2/c26-20(14-6-8-19-22-23-24-25(19)10-9-14)21-15-11-17-16-4-2-1-3-13(16)5-7-18(17)27-12-15/h1-5,7,14-15H,6,8-12H2,(H,21,26). The Morgan fingerprint density at radius 3 is 3.07 bits per heavy atom. The Morgan fingerprint density at radius 1 is 1.19 bits per heavy atom. The predicted octanol–water partition coefficient (Wildman–Crippen LogP) is 1.90. The highest BCUT2D eigenvalue weighted by molar-refractivity contribution is 5.88. The maximum atomic E-state index is 12.8. The summed E-state index contributed by atoms with van der Waals surface area (Å²) in [6.45, 7) is 1.20. The van der Waals surface area contributed by atoms with Crippen LogP contribution in [0, 0.1) is 5.92 Å². The molecule has 5 rings (SSSR count). The quantitative estimate of drug-likeness (QED) is 0.752. The number of hydrogen-bond donors (Lipinski definition) is 1. The van der Waals surface area contributed by atoms with E-state index in [0.29, 0.717) is 13.2 Å². The Labute approximate surface area is 156 Å². The number of rotatable bonds is 2. The first-order chi connectivity index (χ1) is 13.3. The second-order valence-electron chi connectivity index (χ2n) is 7.33. The molecule has 0 radical (unpaired) electrons. The van der Waals surface area contributed by atoms with Crippen molar-refractivity contribution < 1.29 is 9.53 Å². The lowest BCUT2D eigenvalue weighted by Crippen LogP contribution is -2.45. The van der Waals surface area contributed by atoms with E-state index in [0.717, 1.165) is 37.3 Å². The fourth-order valence-electron chi connectivity index (χ4n) is 4.13. The number of nitrogens with one attached hydrogen (secondary N) is 1. The fourth-order valence-corrected chi connectivity index (χ4v) is 4.13. The number of nitrogens with zero attached hydrogens (tertiary/aromatic N) is 4. The highest BCUT2D eigenvalue weighted by Crippen LogP contribution is 2.32. The monoisotopic (exact) mass is 363 g/mol. The summed E-state index contributed by atoms with van der Waals surface area (Å²) in [5.41, 5.74) is 1.18. The highest BCUT2D eigenvalue weighted by atomic mass is 16.5. The number of amides is 1. The van der Waals surface area contributed by atoms with Gasteiger partial charge in [0.05, 0.1) is 6.04 Å². The van der Waals surface area contributed by atoms with Crippen molar-refractivity contribution in [3.63, 3.8) is 0 Å². The predicted molar refractivity (Wildman–Crippen MR) is 99.3 cm³/mol. The summed E-state index contributed by atoms with van der Waals surface area (Å²) in [5.74, 6) is 1.87. The van der Waals surface area contributed by atoms with Gasteiger partial charge in [0.25, 0.3) is 0 Å². The Bertz CT molecular complexity index is 976. The number of hydrogen-bond acceptors (Lipinski definition) is 5. The van der Waals surface area contributed by atoms with Gasteiger partial charge in [-0.2, -0.15) is 0 Å². The molecule has 27 heavy (non-hydrogen) atoms. The average molecular weight is 363 g/mol. The van der Waals surface area contributed by atoms with E-state index in [1.165, 1.54) is 16.3 Å². The minimum Gasteiger partial charge on any atom is -0.491 e. The first-order valence-electron chi connectivity index (χ1n) is 9.47. The largest absolute Gasteiger partial charge is 0.491 e. The van der Waals surface area contributed by atoms with Crippen LogP contribution in [0.5, 0.6) is 5.75 Å². The molecule has 3 heterocycles. The van der Waals surface area contributed by atoms with E-state index in [1.807, 2.05) is 18.2 Å². The number of tetrazole rings is 1. The smallest absolute Gasteiger partial charge is 0.223 e. The van der Waals surface area contributed by atoms with Gasteiger partial charge in [-0.1, -0.05) is 30.3 Å². The molecule has 0 spiro atoms. The number of carbonyl (C=O) groups is 1. The van der Waals surface area contributed by atoms with Gasteiger partial charge in [0.15, 0.2) is 5.82 Å². The second-order valence-corrected chi connectivity index (χ2v) is 7.33. The normalized spacial score (nSPS) is 21.6. The van der Waals surface area contributed by atoms with Crippen molar-refractivity contribution in [2.24, 2.45) is 5.92 Å².